The first kappa shape index (κ1) is 25.7. The molecule has 0 radical (unpaired) electrons. The molecule has 1 fully saturated rings. The molecule has 0 aromatic rings. The third kappa shape index (κ3) is 9.44. The summed E-state index contributed by atoms with van der Waals surface area (Å²) in [6, 6.07) is -0.296. The summed E-state index contributed by atoms with van der Waals surface area (Å²) in [7, 11) is 0. The number of carbonyl (C=O) groups excluding carboxylic acids is 1. The molecular weight excluding hydrogens is 376 g/mol. The van der Waals surface area contributed by atoms with Gasteiger partial charge in [0.1, 0.15) is 6.04 Å². The molecule has 1 amide bonds. The predicted molar refractivity (Wildman–Crippen MR) is 116 cm³/mol. The minimum Gasteiger partial charge on any atom is -0.396 e. The number of carbonyl (C=O) groups is 1. The predicted octanol–water partition coefficient (Wildman–Crippen LogP) is 3.58. The molecule has 7 heteroatoms. The van der Waals surface area contributed by atoms with Crippen molar-refractivity contribution in [3.63, 3.8) is 0 Å². The highest BCUT2D eigenvalue weighted by molar-refractivity contribution is 7.97. The summed E-state index contributed by atoms with van der Waals surface area (Å²) in [5, 5.41) is 12.9. The smallest absolute Gasteiger partial charge is 0.253 e. The maximum Gasteiger partial charge on any atom is 0.253 e. The summed E-state index contributed by atoms with van der Waals surface area (Å²) in [4.78, 5) is 12.7. The van der Waals surface area contributed by atoms with Gasteiger partial charge in [-0.15, -0.1) is 0 Å². The van der Waals surface area contributed by atoms with Crippen LogP contribution in [0.5, 0.6) is 0 Å². The van der Waals surface area contributed by atoms with Gasteiger partial charge in [-0.2, -0.15) is 0 Å². The second-order valence-electron chi connectivity index (χ2n) is 10.1. The fourth-order valence-electron chi connectivity index (χ4n) is 2.92. The van der Waals surface area contributed by atoms with E-state index in [2.05, 4.69) is 5.32 Å². The molecular formula is C21H42N2O4S. The molecule has 1 unspecified atom stereocenters. The average molecular weight is 419 g/mol. The number of ether oxygens (including phenoxy) is 2. The van der Waals surface area contributed by atoms with Crippen LogP contribution in [0.25, 0.3) is 0 Å². The van der Waals surface area contributed by atoms with Crippen LogP contribution in [0.2, 0.25) is 0 Å². The van der Waals surface area contributed by atoms with Gasteiger partial charge in [-0.05, 0) is 80.2 Å². The minimum absolute atomic E-state index is 0.0889. The Kier molecular flexibility index (Phi) is 9.74. The number of amides is 1. The van der Waals surface area contributed by atoms with Crippen LogP contribution in [0.4, 0.5) is 0 Å². The van der Waals surface area contributed by atoms with E-state index in [0.29, 0.717) is 13.2 Å². The van der Waals surface area contributed by atoms with E-state index in [1.807, 2.05) is 59.7 Å². The molecule has 0 bridgehead atoms. The van der Waals surface area contributed by atoms with Gasteiger partial charge in [0.15, 0.2) is 0 Å². The first-order valence-electron chi connectivity index (χ1n) is 10.4. The molecule has 2 atom stereocenters. The summed E-state index contributed by atoms with van der Waals surface area (Å²) in [5.41, 5.74) is -0.820. The van der Waals surface area contributed by atoms with E-state index in [-0.39, 0.29) is 41.3 Å². The van der Waals surface area contributed by atoms with Crippen molar-refractivity contribution in [2.24, 2.45) is 5.92 Å². The van der Waals surface area contributed by atoms with Crippen LogP contribution in [0.3, 0.4) is 0 Å². The van der Waals surface area contributed by atoms with Crippen molar-refractivity contribution in [2.75, 3.05) is 25.6 Å². The Morgan fingerprint density at radius 3 is 2.29 bits per heavy atom. The zero-order chi connectivity index (χ0) is 21.6. The SMILES string of the molecule is CC(C)(C)OCC(CO)CCCCSN1C(=O)[C@H](COC(C)(C)C)NC1(C)C. The summed E-state index contributed by atoms with van der Waals surface area (Å²) in [6.07, 6.45) is 2.95. The molecule has 1 rings (SSSR count). The summed E-state index contributed by atoms with van der Waals surface area (Å²) in [6.45, 7) is 17.3. The summed E-state index contributed by atoms with van der Waals surface area (Å²) >= 11 is 1.59. The number of aliphatic hydroxyl groups is 1. The number of aliphatic hydroxyl groups excluding tert-OH is 1. The van der Waals surface area contributed by atoms with Crippen molar-refractivity contribution < 1.29 is 19.4 Å². The molecule has 166 valence electrons. The first-order chi connectivity index (χ1) is 12.7. The van der Waals surface area contributed by atoms with E-state index in [1.165, 1.54) is 0 Å². The third-order valence-electron chi connectivity index (χ3n) is 4.45. The van der Waals surface area contributed by atoms with Crippen molar-refractivity contribution in [1.82, 2.24) is 9.62 Å². The number of hydrogen-bond acceptors (Lipinski definition) is 6. The van der Waals surface area contributed by atoms with Crippen molar-refractivity contribution in [1.29, 1.82) is 0 Å². The highest BCUT2D eigenvalue weighted by atomic mass is 32.2. The van der Waals surface area contributed by atoms with E-state index in [1.54, 1.807) is 11.9 Å². The minimum atomic E-state index is -0.387. The van der Waals surface area contributed by atoms with Crippen LogP contribution in [-0.4, -0.2) is 63.8 Å². The molecule has 1 aliphatic heterocycles. The van der Waals surface area contributed by atoms with Gasteiger partial charge in [0.2, 0.25) is 0 Å². The summed E-state index contributed by atoms with van der Waals surface area (Å²) < 4.78 is 13.4. The molecule has 0 aromatic carbocycles. The van der Waals surface area contributed by atoms with Crippen LogP contribution in [-0.2, 0) is 14.3 Å². The van der Waals surface area contributed by atoms with Gasteiger partial charge in [-0.1, -0.05) is 6.42 Å². The number of unbranched alkanes of at least 4 members (excludes halogenated alkanes) is 1. The molecule has 2 N–H and O–H groups in total. The Morgan fingerprint density at radius 1 is 1.14 bits per heavy atom. The summed E-state index contributed by atoms with van der Waals surface area (Å²) in [5.74, 6) is 1.14. The molecule has 28 heavy (non-hydrogen) atoms. The molecule has 0 saturated carbocycles. The largest absolute Gasteiger partial charge is 0.396 e. The number of hydrogen-bond donors (Lipinski definition) is 2. The quantitative estimate of drug-likeness (QED) is 0.395. The Labute approximate surface area is 176 Å². The van der Waals surface area contributed by atoms with E-state index >= 15 is 0 Å². The third-order valence-corrected chi connectivity index (χ3v) is 5.82. The van der Waals surface area contributed by atoms with Gasteiger partial charge in [-0.3, -0.25) is 14.4 Å². The number of nitrogens with one attached hydrogen (secondary N) is 1. The average Bonchev–Trinajstić information content (AvgIpc) is 2.76. The van der Waals surface area contributed by atoms with Crippen molar-refractivity contribution in [2.45, 2.75) is 97.6 Å². The molecule has 0 aromatic heterocycles. The van der Waals surface area contributed by atoms with Crippen molar-refractivity contribution in [3.8, 4) is 0 Å². The zero-order valence-electron chi connectivity index (χ0n) is 19.1. The Balaban J connectivity index is 2.36. The van der Waals surface area contributed by atoms with Gasteiger partial charge in [-0.25, -0.2) is 0 Å². The van der Waals surface area contributed by atoms with Gasteiger partial charge in [0.05, 0.1) is 30.1 Å². The fourth-order valence-corrected chi connectivity index (χ4v) is 4.07. The molecule has 1 saturated heterocycles. The van der Waals surface area contributed by atoms with Crippen molar-refractivity contribution >= 4 is 17.9 Å². The van der Waals surface area contributed by atoms with E-state index in [9.17, 15) is 9.90 Å². The van der Waals surface area contributed by atoms with E-state index in [0.717, 1.165) is 25.0 Å². The number of rotatable bonds is 11. The lowest BCUT2D eigenvalue weighted by molar-refractivity contribution is -0.128. The van der Waals surface area contributed by atoms with Crippen LogP contribution in [0.1, 0.15) is 74.7 Å². The highest BCUT2D eigenvalue weighted by Crippen LogP contribution is 2.30. The second kappa shape index (κ2) is 10.6. The zero-order valence-corrected chi connectivity index (χ0v) is 19.9. The lowest BCUT2D eigenvalue weighted by atomic mass is 10.0. The normalized spacial score (nSPS) is 21.4. The number of nitrogens with zero attached hydrogens (tertiary/aromatic N) is 1. The van der Waals surface area contributed by atoms with E-state index < -0.39 is 0 Å². The standard InChI is InChI=1S/C21H42N2O4S/c1-19(2,3)26-14-16(13-24)11-9-10-12-28-23-18(25)17(22-21(23,7)8)15-27-20(4,5)6/h16-17,22,24H,9-15H2,1-8H3/t16?,17-/m0/s1. The maximum absolute atomic E-state index is 12.7. The Bertz CT molecular complexity index is 486. The lowest BCUT2D eigenvalue weighted by Crippen LogP contribution is -2.45. The maximum atomic E-state index is 12.7. The van der Waals surface area contributed by atoms with Crippen molar-refractivity contribution in [3.05, 3.63) is 0 Å². The van der Waals surface area contributed by atoms with Gasteiger partial charge in [0, 0.05) is 18.3 Å². The monoisotopic (exact) mass is 418 g/mol. The van der Waals surface area contributed by atoms with Crippen LogP contribution in [0.15, 0.2) is 0 Å². The Hall–Kier alpha value is -0.340. The van der Waals surface area contributed by atoms with Gasteiger partial charge in [0.25, 0.3) is 5.91 Å². The van der Waals surface area contributed by atoms with Gasteiger partial charge < -0.3 is 14.6 Å². The Morgan fingerprint density at radius 2 is 1.75 bits per heavy atom. The molecule has 0 aliphatic carbocycles. The van der Waals surface area contributed by atoms with Crippen LogP contribution < -0.4 is 5.32 Å². The molecule has 6 nitrogen and oxygen atoms in total. The molecule has 1 heterocycles. The van der Waals surface area contributed by atoms with Crippen LogP contribution in [0, 0.1) is 5.92 Å². The second-order valence-corrected chi connectivity index (χ2v) is 11.1. The van der Waals surface area contributed by atoms with Crippen LogP contribution >= 0.6 is 11.9 Å². The molecule has 0 spiro atoms. The molecule has 1 aliphatic rings. The first-order valence-corrected chi connectivity index (χ1v) is 11.3. The fraction of sp³-hybridized carbons (Fsp3) is 0.952. The highest BCUT2D eigenvalue weighted by Gasteiger charge is 2.45. The lowest BCUT2D eigenvalue weighted by Gasteiger charge is -2.29. The van der Waals surface area contributed by atoms with Gasteiger partial charge >= 0.3 is 0 Å². The topological polar surface area (TPSA) is 71.0 Å². The van der Waals surface area contributed by atoms with E-state index in [4.69, 9.17) is 9.47 Å².